The Balaban J connectivity index is 2.15. The van der Waals surface area contributed by atoms with Crippen LogP contribution in [0.25, 0.3) is 0 Å². The van der Waals surface area contributed by atoms with Gasteiger partial charge in [0.1, 0.15) is 5.82 Å². The first-order chi connectivity index (χ1) is 7.77. The maximum Gasteiger partial charge on any atom is 0.128 e. The molecule has 2 rings (SSSR count). The van der Waals surface area contributed by atoms with Crippen LogP contribution in [0.4, 0.5) is 5.82 Å². The summed E-state index contributed by atoms with van der Waals surface area (Å²) in [7, 11) is 0. The van der Waals surface area contributed by atoms with E-state index < -0.39 is 6.10 Å². The molecule has 16 heavy (non-hydrogen) atoms. The number of nitrogens with zero attached hydrogens (tertiary/aromatic N) is 2. The molecule has 0 amide bonds. The fraction of sp³-hybridized carbons (Fsp3) is 0.583. The van der Waals surface area contributed by atoms with Crippen LogP contribution in [0.1, 0.15) is 25.0 Å². The summed E-state index contributed by atoms with van der Waals surface area (Å²) in [6.07, 6.45) is 2.34. The third kappa shape index (κ3) is 2.71. The highest BCUT2D eigenvalue weighted by Crippen LogP contribution is 2.18. The van der Waals surface area contributed by atoms with Gasteiger partial charge in [-0.2, -0.15) is 0 Å². The van der Waals surface area contributed by atoms with Crippen LogP contribution in [-0.2, 0) is 4.74 Å². The second kappa shape index (κ2) is 5.27. The lowest BCUT2D eigenvalue weighted by Crippen LogP contribution is -2.26. The molecule has 4 nitrogen and oxygen atoms in total. The molecule has 0 unspecified atom stereocenters. The Bertz CT molecular complexity index is 334. The van der Waals surface area contributed by atoms with Crippen LogP contribution in [0.2, 0.25) is 0 Å². The molecule has 0 saturated carbocycles. The van der Waals surface area contributed by atoms with E-state index in [4.69, 9.17) is 4.74 Å². The minimum absolute atomic E-state index is 0.440. The summed E-state index contributed by atoms with van der Waals surface area (Å²) in [5, 5.41) is 9.53. The van der Waals surface area contributed by atoms with Crippen LogP contribution < -0.4 is 4.90 Å². The summed E-state index contributed by atoms with van der Waals surface area (Å²) in [5.74, 6) is 0.934. The number of hydrogen-bond donors (Lipinski definition) is 1. The number of pyridine rings is 1. The Morgan fingerprint density at radius 1 is 1.44 bits per heavy atom. The average Bonchev–Trinajstić information content (AvgIpc) is 2.57. The van der Waals surface area contributed by atoms with Crippen LogP contribution in [0, 0.1) is 0 Å². The summed E-state index contributed by atoms with van der Waals surface area (Å²) in [4.78, 5) is 6.55. The third-order valence-electron chi connectivity index (χ3n) is 2.80. The fourth-order valence-electron chi connectivity index (χ4n) is 1.84. The molecule has 1 N–H and O–H groups in total. The van der Waals surface area contributed by atoms with Gasteiger partial charge in [0.2, 0.25) is 0 Å². The van der Waals surface area contributed by atoms with Gasteiger partial charge in [-0.15, -0.1) is 0 Å². The van der Waals surface area contributed by atoms with Crippen LogP contribution in [0.15, 0.2) is 18.3 Å². The minimum Gasteiger partial charge on any atom is -0.389 e. The number of ether oxygens (including phenoxy) is 1. The normalized spacial score (nSPS) is 19.2. The van der Waals surface area contributed by atoms with Crippen LogP contribution in [-0.4, -0.2) is 36.4 Å². The minimum atomic E-state index is -0.440. The number of hydrogen-bond acceptors (Lipinski definition) is 4. The zero-order valence-corrected chi connectivity index (χ0v) is 9.59. The van der Waals surface area contributed by atoms with E-state index in [0.29, 0.717) is 0 Å². The van der Waals surface area contributed by atoms with Gasteiger partial charge < -0.3 is 14.7 Å². The largest absolute Gasteiger partial charge is 0.389 e. The highest BCUT2D eigenvalue weighted by Gasteiger charge is 2.12. The maximum atomic E-state index is 9.53. The molecule has 0 bridgehead atoms. The lowest BCUT2D eigenvalue weighted by Gasteiger charge is -2.21. The van der Waals surface area contributed by atoms with Crippen LogP contribution >= 0.6 is 0 Å². The highest BCUT2D eigenvalue weighted by molar-refractivity contribution is 5.41. The van der Waals surface area contributed by atoms with Crippen molar-refractivity contribution in [2.75, 3.05) is 31.2 Å². The van der Waals surface area contributed by atoms with Crippen molar-refractivity contribution < 1.29 is 9.84 Å². The first-order valence-corrected chi connectivity index (χ1v) is 5.74. The Hall–Kier alpha value is -1.13. The zero-order valence-electron chi connectivity index (χ0n) is 9.59. The summed E-state index contributed by atoms with van der Waals surface area (Å²) >= 11 is 0. The molecule has 1 aromatic heterocycles. The quantitative estimate of drug-likeness (QED) is 0.820. The van der Waals surface area contributed by atoms with E-state index in [1.165, 1.54) is 0 Å². The smallest absolute Gasteiger partial charge is 0.128 e. The molecule has 1 aromatic rings. The molecule has 2 heterocycles. The lowest BCUT2D eigenvalue weighted by atomic mass is 10.1. The molecule has 0 spiro atoms. The monoisotopic (exact) mass is 222 g/mol. The number of aliphatic hydroxyl groups excluding tert-OH is 1. The van der Waals surface area contributed by atoms with Gasteiger partial charge in [0.05, 0.1) is 12.7 Å². The van der Waals surface area contributed by atoms with Crippen molar-refractivity contribution in [3.8, 4) is 0 Å². The van der Waals surface area contributed by atoms with Crippen molar-refractivity contribution in [2.24, 2.45) is 0 Å². The molecule has 0 aliphatic carbocycles. The van der Waals surface area contributed by atoms with Gasteiger partial charge in [-0.25, -0.2) is 4.98 Å². The van der Waals surface area contributed by atoms with Crippen molar-refractivity contribution in [2.45, 2.75) is 19.4 Å². The molecule has 0 radical (unpaired) electrons. The summed E-state index contributed by atoms with van der Waals surface area (Å²) < 4.78 is 5.41. The van der Waals surface area contributed by atoms with Crippen molar-refractivity contribution in [1.29, 1.82) is 0 Å². The van der Waals surface area contributed by atoms with E-state index >= 15 is 0 Å². The van der Waals surface area contributed by atoms with Gasteiger partial charge >= 0.3 is 0 Å². The molecule has 1 saturated heterocycles. The second-order valence-corrected chi connectivity index (χ2v) is 4.08. The summed E-state index contributed by atoms with van der Waals surface area (Å²) in [6, 6.07) is 3.80. The van der Waals surface area contributed by atoms with Gasteiger partial charge in [0.15, 0.2) is 0 Å². The molecule has 1 fully saturated rings. The van der Waals surface area contributed by atoms with Crippen molar-refractivity contribution >= 4 is 5.82 Å². The van der Waals surface area contributed by atoms with E-state index in [1.54, 1.807) is 13.1 Å². The lowest BCUT2D eigenvalue weighted by molar-refractivity contribution is 0.152. The first kappa shape index (κ1) is 11.4. The van der Waals surface area contributed by atoms with Gasteiger partial charge in [0, 0.05) is 25.9 Å². The Morgan fingerprint density at radius 2 is 2.31 bits per heavy atom. The SMILES string of the molecule is C[C@H](O)c1ccnc(N2CCCOCC2)c1. The Morgan fingerprint density at radius 3 is 3.12 bits per heavy atom. The average molecular weight is 222 g/mol. The maximum absolute atomic E-state index is 9.53. The van der Waals surface area contributed by atoms with Gasteiger partial charge in [0.25, 0.3) is 0 Å². The third-order valence-corrected chi connectivity index (χ3v) is 2.80. The van der Waals surface area contributed by atoms with Crippen LogP contribution in [0.3, 0.4) is 0 Å². The molecule has 4 heteroatoms. The van der Waals surface area contributed by atoms with E-state index in [1.807, 2.05) is 12.1 Å². The molecular formula is C12H18N2O2. The van der Waals surface area contributed by atoms with Crippen LogP contribution in [0.5, 0.6) is 0 Å². The summed E-state index contributed by atoms with van der Waals surface area (Å²) in [6.45, 7) is 5.18. The molecular weight excluding hydrogens is 204 g/mol. The topological polar surface area (TPSA) is 45.6 Å². The number of aliphatic hydroxyl groups is 1. The molecule has 1 atom stereocenters. The van der Waals surface area contributed by atoms with E-state index in [-0.39, 0.29) is 0 Å². The Labute approximate surface area is 95.9 Å². The van der Waals surface area contributed by atoms with E-state index in [0.717, 1.165) is 44.1 Å². The molecule has 1 aliphatic rings. The van der Waals surface area contributed by atoms with Gasteiger partial charge in [-0.1, -0.05) is 0 Å². The molecule has 88 valence electrons. The van der Waals surface area contributed by atoms with Gasteiger partial charge in [-0.05, 0) is 31.0 Å². The Kier molecular flexibility index (Phi) is 3.74. The highest BCUT2D eigenvalue weighted by atomic mass is 16.5. The predicted octanol–water partition coefficient (Wildman–Crippen LogP) is 1.36. The van der Waals surface area contributed by atoms with Crippen molar-refractivity contribution in [3.05, 3.63) is 23.9 Å². The number of aromatic nitrogens is 1. The second-order valence-electron chi connectivity index (χ2n) is 4.08. The van der Waals surface area contributed by atoms with Gasteiger partial charge in [-0.3, -0.25) is 0 Å². The molecule has 1 aliphatic heterocycles. The molecule has 0 aromatic carbocycles. The standard InChI is InChI=1S/C12H18N2O2/c1-10(15)11-3-4-13-12(9-11)14-5-2-7-16-8-6-14/h3-4,9-10,15H,2,5-8H2,1H3/t10-/m0/s1. The fourth-order valence-corrected chi connectivity index (χ4v) is 1.84. The van der Waals surface area contributed by atoms with Crippen molar-refractivity contribution in [3.63, 3.8) is 0 Å². The zero-order chi connectivity index (χ0) is 11.4. The van der Waals surface area contributed by atoms with E-state index in [9.17, 15) is 5.11 Å². The number of rotatable bonds is 2. The van der Waals surface area contributed by atoms with Crippen molar-refractivity contribution in [1.82, 2.24) is 4.98 Å². The van der Waals surface area contributed by atoms with E-state index in [2.05, 4.69) is 9.88 Å². The number of anilines is 1. The summed E-state index contributed by atoms with van der Waals surface area (Å²) in [5.41, 5.74) is 0.912. The first-order valence-electron chi connectivity index (χ1n) is 5.74. The predicted molar refractivity (Wildman–Crippen MR) is 62.5 cm³/mol.